The highest BCUT2D eigenvalue weighted by Crippen LogP contribution is 2.48. The van der Waals surface area contributed by atoms with E-state index in [1.165, 1.54) is 0 Å². The van der Waals surface area contributed by atoms with Crippen LogP contribution in [0.5, 0.6) is 5.75 Å². The standard InChI is InChI=1S/C16H20ClNO5/c1-16-12(9-18(2)10-15(16)23-17(19,20)21)6-4-11-5-7-13(22-3)8-14(11)16/h5,7-9,15H,4,6,10H2,1-3H3. The molecule has 1 aliphatic heterocycles. The van der Waals surface area contributed by atoms with Gasteiger partial charge in [-0.1, -0.05) is 6.07 Å². The molecule has 0 aromatic heterocycles. The zero-order valence-corrected chi connectivity index (χ0v) is 14.1. The molecular weight excluding hydrogens is 322 g/mol. The van der Waals surface area contributed by atoms with E-state index in [4.69, 9.17) is 9.03 Å². The minimum atomic E-state index is -4.50. The second kappa shape index (κ2) is 5.65. The van der Waals surface area contributed by atoms with Gasteiger partial charge in [-0.25, -0.2) is 0 Å². The van der Waals surface area contributed by atoms with E-state index in [0.717, 1.165) is 29.5 Å². The fourth-order valence-corrected chi connectivity index (χ4v) is 4.17. The second-order valence-corrected chi connectivity index (χ2v) is 7.21. The van der Waals surface area contributed by atoms with Gasteiger partial charge in [0, 0.05) is 7.05 Å². The van der Waals surface area contributed by atoms with Gasteiger partial charge in [0.05, 0.1) is 33.6 Å². The Morgan fingerprint density at radius 3 is 2.65 bits per heavy atom. The minimum absolute atomic E-state index is 0.325. The third kappa shape index (κ3) is 2.93. The largest absolute Gasteiger partial charge is 0.497 e. The first-order chi connectivity index (χ1) is 10.7. The molecule has 7 heteroatoms. The zero-order chi connectivity index (χ0) is 16.8. The van der Waals surface area contributed by atoms with Crippen LogP contribution in [-0.4, -0.2) is 31.7 Å². The van der Waals surface area contributed by atoms with Gasteiger partial charge in [-0.15, -0.1) is 0 Å². The van der Waals surface area contributed by atoms with Crippen LogP contribution in [0, 0.1) is 10.2 Å². The molecule has 1 aromatic carbocycles. The monoisotopic (exact) mass is 341 g/mol. The molecule has 6 nitrogen and oxygen atoms in total. The molecule has 2 unspecified atom stereocenters. The summed E-state index contributed by atoms with van der Waals surface area (Å²) in [4.78, 5) is 1.87. The molecule has 1 heterocycles. The molecule has 2 aliphatic rings. The predicted octanol–water partition coefficient (Wildman–Crippen LogP) is -0.989. The number of fused-ring (bicyclic) bond motifs is 3. The minimum Gasteiger partial charge on any atom is -0.497 e. The van der Waals surface area contributed by atoms with Crippen LogP contribution in [0.25, 0.3) is 0 Å². The maximum atomic E-state index is 11.2. The quantitative estimate of drug-likeness (QED) is 0.701. The van der Waals surface area contributed by atoms with E-state index in [1.54, 1.807) is 7.11 Å². The Labute approximate surface area is 137 Å². The number of aryl methyl sites for hydroxylation is 1. The molecule has 0 spiro atoms. The van der Waals surface area contributed by atoms with Crippen LogP contribution in [0.2, 0.25) is 0 Å². The summed E-state index contributed by atoms with van der Waals surface area (Å²) >= 11 is 0. The lowest BCUT2D eigenvalue weighted by Gasteiger charge is -2.45. The Bertz CT molecular complexity index is 642. The van der Waals surface area contributed by atoms with Crippen LogP contribution in [-0.2, 0) is 16.1 Å². The number of likely N-dealkylation sites (N-methyl/N-ethyl adjacent to an activating group) is 1. The van der Waals surface area contributed by atoms with Gasteiger partial charge in [-0.05, 0) is 54.8 Å². The van der Waals surface area contributed by atoms with Crippen molar-refractivity contribution >= 4 is 0 Å². The predicted molar refractivity (Wildman–Crippen MR) is 74.3 cm³/mol. The maximum Gasteiger partial charge on any atom is 0.243 e. The van der Waals surface area contributed by atoms with Crippen molar-refractivity contribution in [2.24, 2.45) is 0 Å². The number of halogens is 1. The van der Waals surface area contributed by atoms with Gasteiger partial charge in [0.15, 0.2) is 0 Å². The molecule has 1 aliphatic carbocycles. The lowest BCUT2D eigenvalue weighted by Crippen LogP contribution is -2.66. The van der Waals surface area contributed by atoms with Crippen LogP contribution in [0.1, 0.15) is 24.5 Å². The van der Waals surface area contributed by atoms with Crippen molar-refractivity contribution in [2.45, 2.75) is 31.3 Å². The maximum absolute atomic E-state index is 11.2. The SMILES string of the molecule is COc1ccc2c(c1)C1(C)C(=CN(C)CC1O[Cl+3]([O-])([O-])[O-])CC2. The van der Waals surface area contributed by atoms with Crippen LogP contribution >= 0.6 is 0 Å². The fourth-order valence-electron chi connectivity index (χ4n) is 3.68. The third-order valence-corrected chi connectivity index (χ3v) is 5.33. The number of benzene rings is 1. The van der Waals surface area contributed by atoms with Crippen molar-refractivity contribution in [3.05, 3.63) is 41.1 Å². The van der Waals surface area contributed by atoms with Crippen molar-refractivity contribution in [1.29, 1.82) is 0 Å². The van der Waals surface area contributed by atoms with Crippen LogP contribution < -0.4 is 18.7 Å². The van der Waals surface area contributed by atoms with E-state index in [1.807, 2.05) is 43.3 Å². The molecule has 23 heavy (non-hydrogen) atoms. The summed E-state index contributed by atoms with van der Waals surface area (Å²) in [6.07, 6.45) is 2.91. The van der Waals surface area contributed by atoms with Gasteiger partial charge < -0.3 is 9.64 Å². The molecule has 0 saturated carbocycles. The molecule has 0 amide bonds. The Morgan fingerprint density at radius 2 is 2.00 bits per heavy atom. The number of rotatable bonds is 3. The lowest BCUT2D eigenvalue weighted by molar-refractivity contribution is -1.92. The van der Waals surface area contributed by atoms with Crippen molar-refractivity contribution in [1.82, 2.24) is 4.90 Å². The molecule has 0 N–H and O–H groups in total. The molecule has 126 valence electrons. The first-order valence-electron chi connectivity index (χ1n) is 7.42. The molecule has 1 aromatic rings. The normalized spacial score (nSPS) is 27.1. The smallest absolute Gasteiger partial charge is 0.243 e. The van der Waals surface area contributed by atoms with Crippen LogP contribution in [0.15, 0.2) is 30.0 Å². The molecule has 0 saturated heterocycles. The average Bonchev–Trinajstić information content (AvgIpc) is 2.47. The third-order valence-electron chi connectivity index (χ3n) is 4.90. The van der Waals surface area contributed by atoms with E-state index in [2.05, 4.69) is 0 Å². The topological polar surface area (TPSA) is 90.9 Å². The Balaban J connectivity index is 2.13. The molecule has 0 radical (unpaired) electrons. The lowest BCUT2D eigenvalue weighted by atomic mass is 9.63. The molecule has 2 atom stereocenters. The first kappa shape index (κ1) is 16.5. The Kier molecular flexibility index (Phi) is 4.06. The van der Waals surface area contributed by atoms with Crippen LogP contribution in [0.4, 0.5) is 0 Å². The zero-order valence-electron chi connectivity index (χ0n) is 13.4. The average molecular weight is 342 g/mol. The number of methoxy groups -OCH3 is 1. The highest BCUT2D eigenvalue weighted by molar-refractivity contribution is 5.50. The van der Waals surface area contributed by atoms with E-state index >= 15 is 0 Å². The summed E-state index contributed by atoms with van der Waals surface area (Å²) in [5.74, 6) is 0.700. The summed E-state index contributed by atoms with van der Waals surface area (Å²) in [7, 11) is -1.06. The number of nitrogens with zero attached hydrogens (tertiary/aromatic N) is 1. The summed E-state index contributed by atoms with van der Waals surface area (Å²) in [6, 6.07) is 5.80. The summed E-state index contributed by atoms with van der Waals surface area (Å²) < 4.78 is 43.8. The van der Waals surface area contributed by atoms with Crippen molar-refractivity contribution in [3.63, 3.8) is 0 Å². The molecule has 0 bridgehead atoms. The van der Waals surface area contributed by atoms with Crippen molar-refractivity contribution in [3.8, 4) is 5.75 Å². The van der Waals surface area contributed by atoms with E-state index in [-0.39, 0.29) is 0 Å². The highest BCUT2D eigenvalue weighted by atomic mass is 35.7. The summed E-state index contributed by atoms with van der Waals surface area (Å²) in [5, 5.41) is 0. The van der Waals surface area contributed by atoms with Crippen molar-refractivity contribution < 1.29 is 33.2 Å². The van der Waals surface area contributed by atoms with Gasteiger partial charge in [0.2, 0.25) is 6.10 Å². The van der Waals surface area contributed by atoms with E-state index in [0.29, 0.717) is 12.3 Å². The van der Waals surface area contributed by atoms with Crippen molar-refractivity contribution in [2.75, 3.05) is 20.7 Å². The Hall–Kier alpha value is -1.31. The highest BCUT2D eigenvalue weighted by Gasteiger charge is 2.53. The van der Waals surface area contributed by atoms with Crippen LogP contribution in [0.3, 0.4) is 0 Å². The van der Waals surface area contributed by atoms with E-state index in [9.17, 15) is 14.0 Å². The Morgan fingerprint density at radius 1 is 1.26 bits per heavy atom. The summed E-state index contributed by atoms with van der Waals surface area (Å²) in [6.45, 7) is 2.26. The van der Waals surface area contributed by atoms with Gasteiger partial charge in [-0.3, -0.25) is 0 Å². The molecular formula is C16H20ClNO5. The number of hydrogen-bond donors (Lipinski definition) is 0. The van der Waals surface area contributed by atoms with E-state index < -0.39 is 21.8 Å². The molecule has 0 fully saturated rings. The summed E-state index contributed by atoms with van der Waals surface area (Å²) in [5.41, 5.74) is 2.49. The van der Waals surface area contributed by atoms with Gasteiger partial charge >= 0.3 is 0 Å². The molecule has 3 rings (SSSR count). The first-order valence-corrected chi connectivity index (χ1v) is 8.65. The number of ether oxygens (including phenoxy) is 1. The second-order valence-electron chi connectivity index (χ2n) is 6.28. The van der Waals surface area contributed by atoms with Gasteiger partial charge in [-0.2, -0.15) is 14.0 Å². The van der Waals surface area contributed by atoms with Gasteiger partial charge in [0.1, 0.15) is 5.75 Å². The fraction of sp³-hybridized carbons (Fsp3) is 0.500. The van der Waals surface area contributed by atoms with Gasteiger partial charge in [0.25, 0.3) is 0 Å². The number of hydrogen-bond acceptors (Lipinski definition) is 6.